The van der Waals surface area contributed by atoms with Crippen LogP contribution in [0.4, 0.5) is 0 Å². The number of hydrogen-bond acceptors (Lipinski definition) is 5. The summed E-state index contributed by atoms with van der Waals surface area (Å²) in [6, 6.07) is 1.96. The van der Waals surface area contributed by atoms with Crippen LogP contribution in [0.3, 0.4) is 0 Å². The van der Waals surface area contributed by atoms with E-state index in [9.17, 15) is 4.79 Å². The summed E-state index contributed by atoms with van der Waals surface area (Å²) >= 11 is 0. The van der Waals surface area contributed by atoms with E-state index >= 15 is 0 Å². The first-order valence-electron chi connectivity index (χ1n) is 9.69. The molecule has 3 aromatic heterocycles. The first-order valence-corrected chi connectivity index (χ1v) is 9.69. The van der Waals surface area contributed by atoms with Crippen molar-refractivity contribution in [3.8, 4) is 17.1 Å². The lowest BCUT2D eigenvalue weighted by molar-refractivity contribution is -0.119. The molecule has 4 rings (SSSR count). The summed E-state index contributed by atoms with van der Waals surface area (Å²) in [5.41, 5.74) is 3.39. The van der Waals surface area contributed by atoms with E-state index in [1.165, 1.54) is 0 Å². The molecular formula is C20H26N6O2. The summed E-state index contributed by atoms with van der Waals surface area (Å²) in [7, 11) is 1.93. The zero-order valence-corrected chi connectivity index (χ0v) is 16.7. The number of ether oxygens (including phenoxy) is 1. The first kappa shape index (κ1) is 18.5. The Hall–Kier alpha value is -2.90. The van der Waals surface area contributed by atoms with Gasteiger partial charge in [-0.1, -0.05) is 13.8 Å². The van der Waals surface area contributed by atoms with Crippen molar-refractivity contribution in [3.05, 3.63) is 24.8 Å². The third kappa shape index (κ3) is 3.58. The smallest absolute Gasteiger partial charge is 0.241 e. The summed E-state index contributed by atoms with van der Waals surface area (Å²) < 4.78 is 10.1. The fourth-order valence-corrected chi connectivity index (χ4v) is 3.57. The number of imidazole rings is 1. The highest BCUT2D eigenvalue weighted by molar-refractivity contribution is 5.84. The Morgan fingerprint density at radius 2 is 2.18 bits per heavy atom. The summed E-state index contributed by atoms with van der Waals surface area (Å²) in [4.78, 5) is 20.8. The number of amides is 1. The maximum atomic E-state index is 11.5. The highest BCUT2D eigenvalue weighted by Crippen LogP contribution is 2.30. The monoisotopic (exact) mass is 382 g/mol. The third-order valence-electron chi connectivity index (χ3n) is 5.11. The molecule has 28 heavy (non-hydrogen) atoms. The minimum absolute atomic E-state index is 0.0745. The standard InChI is InChI=1S/C20H26N6O2/c1-12(2)9-26-10-15(8-23-26)16-6-17-19(25(4)11-22-17)20(24-16)28-13(3)14-5-18(27)21-7-14/h6,8,10-14H,5,7,9H2,1-4H3,(H,21,27)/t13-,14-/m1/s1. The summed E-state index contributed by atoms with van der Waals surface area (Å²) in [6.45, 7) is 7.80. The van der Waals surface area contributed by atoms with Gasteiger partial charge in [-0.3, -0.25) is 9.48 Å². The van der Waals surface area contributed by atoms with Crippen LogP contribution in [0.1, 0.15) is 27.2 Å². The number of aromatic nitrogens is 5. The van der Waals surface area contributed by atoms with E-state index in [0.717, 1.165) is 28.8 Å². The molecule has 1 aliphatic rings. The van der Waals surface area contributed by atoms with Crippen molar-refractivity contribution in [1.29, 1.82) is 0 Å². The van der Waals surface area contributed by atoms with E-state index in [0.29, 0.717) is 24.8 Å². The number of carbonyl (C=O) groups excluding carboxylic acids is 1. The van der Waals surface area contributed by atoms with Gasteiger partial charge in [0.1, 0.15) is 11.6 Å². The molecule has 1 amide bonds. The van der Waals surface area contributed by atoms with E-state index in [1.54, 1.807) is 6.33 Å². The lowest BCUT2D eigenvalue weighted by Gasteiger charge is -2.20. The fourth-order valence-electron chi connectivity index (χ4n) is 3.57. The van der Waals surface area contributed by atoms with Crippen molar-refractivity contribution in [2.75, 3.05) is 6.54 Å². The van der Waals surface area contributed by atoms with Crippen LogP contribution in [0.15, 0.2) is 24.8 Å². The Morgan fingerprint density at radius 1 is 1.36 bits per heavy atom. The number of hydrogen-bond donors (Lipinski definition) is 1. The fraction of sp³-hybridized carbons (Fsp3) is 0.500. The maximum absolute atomic E-state index is 11.5. The lowest BCUT2D eigenvalue weighted by atomic mass is 10.0. The van der Waals surface area contributed by atoms with E-state index in [4.69, 9.17) is 9.72 Å². The largest absolute Gasteiger partial charge is 0.473 e. The van der Waals surface area contributed by atoms with Gasteiger partial charge in [0, 0.05) is 44.2 Å². The molecule has 1 N–H and O–H groups in total. The Bertz CT molecular complexity index is 1010. The second-order valence-electron chi connectivity index (χ2n) is 7.97. The van der Waals surface area contributed by atoms with Crippen LogP contribution in [0.2, 0.25) is 0 Å². The summed E-state index contributed by atoms with van der Waals surface area (Å²) in [6.07, 6.45) is 5.94. The molecule has 0 aromatic carbocycles. The average molecular weight is 382 g/mol. The predicted molar refractivity (Wildman–Crippen MR) is 106 cm³/mol. The van der Waals surface area contributed by atoms with Gasteiger partial charge in [-0.2, -0.15) is 5.10 Å². The van der Waals surface area contributed by atoms with Crippen molar-refractivity contribution in [3.63, 3.8) is 0 Å². The minimum Gasteiger partial charge on any atom is -0.473 e. The Kier molecular flexibility index (Phi) is 4.78. The zero-order valence-electron chi connectivity index (χ0n) is 16.7. The molecule has 4 heterocycles. The SMILES string of the molecule is CC(C)Cn1cc(-c2cc3ncn(C)c3c(O[C@H](C)[C@H]3CNC(=O)C3)n2)cn1. The van der Waals surface area contributed by atoms with Crippen LogP contribution in [-0.4, -0.2) is 42.9 Å². The molecule has 8 nitrogen and oxygen atoms in total. The van der Waals surface area contributed by atoms with Crippen molar-refractivity contribution < 1.29 is 9.53 Å². The molecular weight excluding hydrogens is 356 g/mol. The molecule has 148 valence electrons. The van der Waals surface area contributed by atoms with Gasteiger partial charge < -0.3 is 14.6 Å². The number of aryl methyl sites for hydroxylation is 1. The first-order chi connectivity index (χ1) is 13.4. The van der Waals surface area contributed by atoms with Crippen molar-refractivity contribution in [2.45, 2.75) is 39.8 Å². The van der Waals surface area contributed by atoms with Gasteiger partial charge in [0.05, 0.1) is 23.7 Å². The number of nitrogens with one attached hydrogen (secondary N) is 1. The van der Waals surface area contributed by atoms with E-state index in [-0.39, 0.29) is 17.9 Å². The minimum atomic E-state index is -0.136. The highest BCUT2D eigenvalue weighted by atomic mass is 16.5. The normalized spacial score (nSPS) is 18.0. The molecule has 0 bridgehead atoms. The molecule has 8 heteroatoms. The predicted octanol–water partition coefficient (Wildman–Crippen LogP) is 2.39. The highest BCUT2D eigenvalue weighted by Gasteiger charge is 2.29. The molecule has 0 unspecified atom stereocenters. The Balaban J connectivity index is 1.68. The molecule has 0 radical (unpaired) electrons. The van der Waals surface area contributed by atoms with Gasteiger partial charge >= 0.3 is 0 Å². The zero-order chi connectivity index (χ0) is 19.8. The van der Waals surface area contributed by atoms with Crippen LogP contribution >= 0.6 is 0 Å². The summed E-state index contributed by atoms with van der Waals surface area (Å²) in [5.74, 6) is 1.26. The number of pyridine rings is 1. The topological polar surface area (TPSA) is 86.9 Å². The molecule has 1 fully saturated rings. The molecule has 1 aliphatic heterocycles. The molecule has 3 aromatic rings. The maximum Gasteiger partial charge on any atom is 0.241 e. The molecule has 0 saturated carbocycles. The quantitative estimate of drug-likeness (QED) is 0.707. The van der Waals surface area contributed by atoms with Gasteiger partial charge in [-0.15, -0.1) is 0 Å². The van der Waals surface area contributed by atoms with Crippen molar-refractivity contribution in [1.82, 2.24) is 29.6 Å². The van der Waals surface area contributed by atoms with Gasteiger partial charge in [0.2, 0.25) is 11.8 Å². The molecule has 0 aliphatic carbocycles. The lowest BCUT2D eigenvalue weighted by Crippen LogP contribution is -2.26. The van der Waals surface area contributed by atoms with Crippen LogP contribution in [0.25, 0.3) is 22.3 Å². The molecule has 0 spiro atoms. The second kappa shape index (κ2) is 7.26. The Morgan fingerprint density at radius 3 is 2.89 bits per heavy atom. The van der Waals surface area contributed by atoms with Crippen molar-refractivity contribution in [2.24, 2.45) is 18.9 Å². The van der Waals surface area contributed by atoms with E-state index in [1.807, 2.05) is 41.7 Å². The Labute approximate surface area is 163 Å². The number of carbonyl (C=O) groups is 1. The molecule has 1 saturated heterocycles. The number of nitrogens with zero attached hydrogens (tertiary/aromatic N) is 5. The van der Waals surface area contributed by atoms with Gasteiger partial charge in [0.25, 0.3) is 0 Å². The van der Waals surface area contributed by atoms with Crippen LogP contribution in [0.5, 0.6) is 5.88 Å². The second-order valence-corrected chi connectivity index (χ2v) is 7.97. The van der Waals surface area contributed by atoms with Crippen LogP contribution in [-0.2, 0) is 18.4 Å². The van der Waals surface area contributed by atoms with Crippen LogP contribution in [0, 0.1) is 11.8 Å². The third-order valence-corrected chi connectivity index (χ3v) is 5.11. The molecule has 2 atom stereocenters. The van der Waals surface area contributed by atoms with Crippen molar-refractivity contribution >= 4 is 16.9 Å². The number of rotatable bonds is 6. The summed E-state index contributed by atoms with van der Waals surface area (Å²) in [5, 5.41) is 7.31. The van der Waals surface area contributed by atoms with E-state index in [2.05, 4.69) is 29.2 Å². The van der Waals surface area contributed by atoms with Gasteiger partial charge in [0.15, 0.2) is 0 Å². The van der Waals surface area contributed by atoms with Gasteiger partial charge in [-0.25, -0.2) is 9.97 Å². The van der Waals surface area contributed by atoms with E-state index < -0.39 is 0 Å². The van der Waals surface area contributed by atoms with Gasteiger partial charge in [-0.05, 0) is 18.9 Å². The van der Waals surface area contributed by atoms with Crippen LogP contribution < -0.4 is 10.1 Å². The average Bonchev–Trinajstić information content (AvgIpc) is 3.35. The number of fused-ring (bicyclic) bond motifs is 1.